The Kier molecular flexibility index (Phi) is 5.90. The molecule has 1 aliphatic carbocycles. The summed E-state index contributed by atoms with van der Waals surface area (Å²) in [5, 5.41) is 10.2. The Morgan fingerprint density at radius 1 is 1.00 bits per heavy atom. The highest BCUT2D eigenvalue weighted by Gasteiger charge is 2.30. The van der Waals surface area contributed by atoms with Gasteiger partial charge in [-0.25, -0.2) is 9.97 Å². The van der Waals surface area contributed by atoms with Crippen LogP contribution in [0.5, 0.6) is 5.88 Å². The van der Waals surface area contributed by atoms with E-state index in [1.165, 1.54) is 24.0 Å². The van der Waals surface area contributed by atoms with E-state index in [0.29, 0.717) is 17.7 Å². The smallest absolute Gasteiger partial charge is 0.216 e. The van der Waals surface area contributed by atoms with Gasteiger partial charge in [0.1, 0.15) is 24.1 Å². The SMILES string of the molecule is CC1CCc2cc(Cl)ccc2-n2c(nnc2C2CCC(Oc3ccncn3)CC2)CC1. The van der Waals surface area contributed by atoms with Crippen molar-refractivity contribution >= 4 is 11.6 Å². The zero-order chi connectivity index (χ0) is 21.2. The van der Waals surface area contributed by atoms with Crippen LogP contribution in [0.2, 0.25) is 5.02 Å². The molecule has 0 N–H and O–H groups in total. The van der Waals surface area contributed by atoms with Crippen LogP contribution in [0.25, 0.3) is 5.69 Å². The third-order valence-corrected chi connectivity index (χ3v) is 6.92. The molecule has 3 heterocycles. The average molecular weight is 438 g/mol. The maximum Gasteiger partial charge on any atom is 0.216 e. The molecule has 1 aliphatic heterocycles. The van der Waals surface area contributed by atoms with E-state index in [0.717, 1.165) is 61.6 Å². The van der Waals surface area contributed by atoms with E-state index in [1.54, 1.807) is 6.20 Å². The molecule has 0 radical (unpaired) electrons. The van der Waals surface area contributed by atoms with Gasteiger partial charge in [0.05, 0.1) is 5.69 Å². The second kappa shape index (κ2) is 8.95. The summed E-state index contributed by atoms with van der Waals surface area (Å²) < 4.78 is 8.39. The molecule has 1 atom stereocenters. The molecule has 1 saturated carbocycles. The normalized spacial score (nSPS) is 23.7. The van der Waals surface area contributed by atoms with E-state index in [-0.39, 0.29) is 6.10 Å². The summed E-state index contributed by atoms with van der Waals surface area (Å²) in [6.07, 6.45) is 11.8. The van der Waals surface area contributed by atoms with Crippen molar-refractivity contribution in [1.82, 2.24) is 24.7 Å². The Labute approximate surface area is 188 Å². The maximum absolute atomic E-state index is 6.36. The minimum absolute atomic E-state index is 0.191. The molecule has 0 saturated heterocycles. The molecule has 2 aliphatic rings. The van der Waals surface area contributed by atoms with Crippen molar-refractivity contribution in [2.45, 2.75) is 70.3 Å². The van der Waals surface area contributed by atoms with Crippen LogP contribution in [-0.2, 0) is 12.8 Å². The van der Waals surface area contributed by atoms with Gasteiger partial charge in [-0.1, -0.05) is 18.5 Å². The van der Waals surface area contributed by atoms with Crippen molar-refractivity contribution in [1.29, 1.82) is 0 Å². The van der Waals surface area contributed by atoms with Crippen molar-refractivity contribution in [2.24, 2.45) is 5.92 Å². The molecular weight excluding hydrogens is 410 g/mol. The molecule has 3 aromatic rings. The van der Waals surface area contributed by atoms with E-state index >= 15 is 0 Å². The van der Waals surface area contributed by atoms with E-state index in [9.17, 15) is 0 Å². The number of hydrogen-bond donors (Lipinski definition) is 0. The first-order valence-electron chi connectivity index (χ1n) is 11.3. The minimum atomic E-state index is 0.191. The number of ether oxygens (including phenoxy) is 1. The lowest BCUT2D eigenvalue weighted by Gasteiger charge is -2.28. The largest absolute Gasteiger partial charge is 0.474 e. The fourth-order valence-electron chi connectivity index (χ4n) is 4.87. The van der Waals surface area contributed by atoms with Crippen molar-refractivity contribution in [2.75, 3.05) is 0 Å². The van der Waals surface area contributed by atoms with Gasteiger partial charge in [-0.3, -0.25) is 4.57 Å². The van der Waals surface area contributed by atoms with Gasteiger partial charge < -0.3 is 4.74 Å². The third-order valence-electron chi connectivity index (χ3n) is 6.69. The average Bonchev–Trinajstić information content (AvgIpc) is 3.22. The van der Waals surface area contributed by atoms with Crippen molar-refractivity contribution in [3.8, 4) is 11.6 Å². The number of benzene rings is 1. The number of rotatable bonds is 3. The van der Waals surface area contributed by atoms with E-state index in [1.807, 2.05) is 12.1 Å². The highest BCUT2D eigenvalue weighted by atomic mass is 35.5. The summed E-state index contributed by atoms with van der Waals surface area (Å²) in [5.41, 5.74) is 2.50. The highest BCUT2D eigenvalue weighted by molar-refractivity contribution is 6.30. The predicted octanol–water partition coefficient (Wildman–Crippen LogP) is 5.33. The lowest BCUT2D eigenvalue weighted by atomic mass is 9.86. The number of fused-ring (bicyclic) bond motifs is 3. The predicted molar refractivity (Wildman–Crippen MR) is 120 cm³/mol. The first-order chi connectivity index (χ1) is 15.2. The summed E-state index contributed by atoms with van der Waals surface area (Å²) in [4.78, 5) is 8.15. The molecular formula is C24H28ClN5O. The number of halogens is 1. The van der Waals surface area contributed by atoms with Gasteiger partial charge >= 0.3 is 0 Å². The van der Waals surface area contributed by atoms with E-state index in [2.05, 4.69) is 38.7 Å². The molecule has 162 valence electrons. The van der Waals surface area contributed by atoms with Crippen molar-refractivity contribution in [3.63, 3.8) is 0 Å². The molecule has 31 heavy (non-hydrogen) atoms. The Morgan fingerprint density at radius 3 is 2.65 bits per heavy atom. The monoisotopic (exact) mass is 437 g/mol. The van der Waals surface area contributed by atoms with Crippen molar-refractivity contribution < 1.29 is 4.74 Å². The molecule has 6 nitrogen and oxygen atoms in total. The van der Waals surface area contributed by atoms with Crippen molar-refractivity contribution in [3.05, 3.63) is 59.0 Å². The summed E-state index contributed by atoms with van der Waals surface area (Å²) in [6, 6.07) is 8.07. The second-order valence-corrected chi connectivity index (χ2v) is 9.34. The second-order valence-electron chi connectivity index (χ2n) is 8.90. The Balaban J connectivity index is 1.40. The minimum Gasteiger partial charge on any atom is -0.474 e. The van der Waals surface area contributed by atoms with Crippen LogP contribution in [0.15, 0.2) is 36.8 Å². The molecule has 0 amide bonds. The van der Waals surface area contributed by atoms with Gasteiger partial charge in [0.2, 0.25) is 5.88 Å². The van der Waals surface area contributed by atoms with Gasteiger partial charge in [-0.05, 0) is 74.6 Å². The van der Waals surface area contributed by atoms with Crippen LogP contribution < -0.4 is 4.74 Å². The van der Waals surface area contributed by atoms with Gasteiger partial charge in [-0.15, -0.1) is 10.2 Å². The Bertz CT molecular complexity index is 1030. The summed E-state index contributed by atoms with van der Waals surface area (Å²) in [5.74, 6) is 3.86. The van der Waals surface area contributed by atoms with E-state index in [4.69, 9.17) is 21.4 Å². The molecule has 0 spiro atoms. The van der Waals surface area contributed by atoms with Crippen LogP contribution >= 0.6 is 11.6 Å². The van der Waals surface area contributed by atoms with Gasteiger partial charge in [0, 0.05) is 29.6 Å². The molecule has 1 unspecified atom stereocenters. The lowest BCUT2D eigenvalue weighted by Crippen LogP contribution is -2.25. The zero-order valence-corrected chi connectivity index (χ0v) is 18.6. The lowest BCUT2D eigenvalue weighted by molar-refractivity contribution is 0.138. The molecule has 0 bridgehead atoms. The van der Waals surface area contributed by atoms with Crippen LogP contribution in [0.1, 0.15) is 68.6 Å². The fourth-order valence-corrected chi connectivity index (χ4v) is 5.07. The summed E-state index contributed by atoms with van der Waals surface area (Å²) in [7, 11) is 0. The molecule has 2 aromatic heterocycles. The van der Waals surface area contributed by atoms with Gasteiger partial charge in [0.25, 0.3) is 0 Å². The third kappa shape index (κ3) is 4.45. The number of hydrogen-bond acceptors (Lipinski definition) is 5. The number of aromatic nitrogens is 5. The molecule has 7 heteroatoms. The Hall–Kier alpha value is -2.47. The van der Waals surface area contributed by atoms with Gasteiger partial charge in [-0.2, -0.15) is 0 Å². The van der Waals surface area contributed by atoms with Crippen LogP contribution in [-0.4, -0.2) is 30.8 Å². The molecule has 5 rings (SSSR count). The van der Waals surface area contributed by atoms with Crippen LogP contribution in [0, 0.1) is 5.92 Å². The summed E-state index contributed by atoms with van der Waals surface area (Å²) in [6.45, 7) is 2.33. The van der Waals surface area contributed by atoms with Crippen LogP contribution in [0.3, 0.4) is 0 Å². The zero-order valence-electron chi connectivity index (χ0n) is 17.9. The van der Waals surface area contributed by atoms with Gasteiger partial charge in [0.15, 0.2) is 0 Å². The first-order valence-corrected chi connectivity index (χ1v) is 11.7. The first kappa shape index (κ1) is 20.4. The van der Waals surface area contributed by atoms with Crippen LogP contribution in [0.4, 0.5) is 0 Å². The number of aryl methyl sites for hydroxylation is 2. The highest BCUT2D eigenvalue weighted by Crippen LogP contribution is 2.36. The Morgan fingerprint density at radius 2 is 1.84 bits per heavy atom. The molecule has 1 aromatic carbocycles. The standard InChI is InChI=1S/C24H28ClN5O/c1-16-2-4-18-14-19(25)7-10-21(18)30-22(11-3-16)28-29-24(30)17-5-8-20(9-6-17)31-23-12-13-26-15-27-23/h7,10,12-17,20H,2-6,8-9,11H2,1H3. The summed E-state index contributed by atoms with van der Waals surface area (Å²) >= 11 is 6.36. The van der Waals surface area contributed by atoms with E-state index < -0.39 is 0 Å². The fraction of sp³-hybridized carbons (Fsp3) is 0.500. The maximum atomic E-state index is 6.36. The molecule has 1 fully saturated rings. The quantitative estimate of drug-likeness (QED) is 0.554. The number of nitrogens with zero attached hydrogens (tertiary/aromatic N) is 5. The topological polar surface area (TPSA) is 65.7 Å².